The van der Waals surface area contributed by atoms with E-state index in [-0.39, 0.29) is 34.4 Å². The first-order valence-corrected chi connectivity index (χ1v) is 9.90. The van der Waals surface area contributed by atoms with Gasteiger partial charge < -0.3 is 9.82 Å². The van der Waals surface area contributed by atoms with Crippen molar-refractivity contribution < 1.29 is 22.8 Å². The summed E-state index contributed by atoms with van der Waals surface area (Å²) in [4.78, 5) is 23.9. The number of nitrogens with zero attached hydrogens (tertiary/aromatic N) is 3. The van der Waals surface area contributed by atoms with E-state index in [0.29, 0.717) is 16.1 Å². The number of imidazole rings is 1. The molecule has 12 heteroatoms. The summed E-state index contributed by atoms with van der Waals surface area (Å²) in [5, 5.41) is 4.31. The lowest BCUT2D eigenvalue weighted by molar-refractivity contribution is -0.141. The molecule has 2 N–H and O–H groups in total. The van der Waals surface area contributed by atoms with Gasteiger partial charge in [0.25, 0.3) is 5.88 Å². The second-order valence-electron chi connectivity index (χ2n) is 6.78. The number of fused-ring (bicyclic) bond motifs is 1. The molecule has 166 valence electrons. The van der Waals surface area contributed by atoms with Gasteiger partial charge in [-0.3, -0.25) is 4.79 Å². The smallest absolute Gasteiger partial charge is 0.359 e. The molecule has 1 amide bonds. The van der Waals surface area contributed by atoms with Crippen molar-refractivity contribution in [3.63, 3.8) is 0 Å². The lowest BCUT2D eigenvalue weighted by atomic mass is 10.1. The summed E-state index contributed by atoms with van der Waals surface area (Å²) in [6, 6.07) is 11.1. The number of amides is 1. The molecule has 0 saturated carbocycles. The molecule has 0 unspecified atom stereocenters. The number of aromatic nitrogens is 4. The van der Waals surface area contributed by atoms with Crippen LogP contribution < -0.4 is 10.3 Å². The average molecular weight is 484 g/mol. The number of hydrogen-bond donors (Lipinski definition) is 2. The molecule has 0 saturated heterocycles. The van der Waals surface area contributed by atoms with Gasteiger partial charge in [0.2, 0.25) is 5.91 Å². The van der Waals surface area contributed by atoms with Crippen LogP contribution in [0, 0.1) is 0 Å². The van der Waals surface area contributed by atoms with Gasteiger partial charge in [-0.1, -0.05) is 35.3 Å². The molecule has 0 aliphatic carbocycles. The van der Waals surface area contributed by atoms with Gasteiger partial charge >= 0.3 is 6.18 Å². The van der Waals surface area contributed by atoms with E-state index in [4.69, 9.17) is 28.0 Å². The van der Waals surface area contributed by atoms with Crippen LogP contribution in [0.5, 0.6) is 5.88 Å². The SMILES string of the molecule is CC(=O)NOc1c(Cc2nc3ccc(Cl)cc3[nH]2)c(C(F)(F)F)nn1-c1ccccc1Cl. The molecule has 2 aromatic carbocycles. The van der Waals surface area contributed by atoms with E-state index in [0.717, 1.165) is 11.6 Å². The maximum Gasteiger partial charge on any atom is 0.435 e. The molecule has 2 aromatic heterocycles. The molecule has 0 radical (unpaired) electrons. The zero-order valence-corrected chi connectivity index (χ0v) is 17.8. The van der Waals surface area contributed by atoms with Crippen LogP contribution in [0.1, 0.15) is 24.0 Å². The molecule has 7 nitrogen and oxygen atoms in total. The fourth-order valence-corrected chi connectivity index (χ4v) is 3.51. The number of carbonyl (C=O) groups is 1. The fourth-order valence-electron chi connectivity index (χ4n) is 3.12. The molecule has 4 rings (SSSR count). The highest BCUT2D eigenvalue weighted by molar-refractivity contribution is 6.32. The standard InChI is InChI=1S/C20H14Cl2F3N5O2/c1-10(31)29-32-19-12(9-17-26-14-7-6-11(21)8-15(14)27-17)18(20(23,24)25)28-30(19)16-5-3-2-4-13(16)22/h2-8H,9H2,1H3,(H,26,27)(H,29,31). The summed E-state index contributed by atoms with van der Waals surface area (Å²) >= 11 is 12.2. The van der Waals surface area contributed by atoms with Gasteiger partial charge in [-0.2, -0.15) is 28.4 Å². The second kappa shape index (κ2) is 8.36. The molecule has 4 aromatic rings. The molecule has 0 bridgehead atoms. The first-order chi connectivity index (χ1) is 15.1. The van der Waals surface area contributed by atoms with E-state index < -0.39 is 17.8 Å². The molecule has 0 spiro atoms. The van der Waals surface area contributed by atoms with Gasteiger partial charge in [0.15, 0.2) is 5.69 Å². The largest absolute Gasteiger partial charge is 0.435 e. The number of alkyl halides is 3. The lowest BCUT2D eigenvalue weighted by Crippen LogP contribution is -2.25. The summed E-state index contributed by atoms with van der Waals surface area (Å²) < 4.78 is 42.7. The highest BCUT2D eigenvalue weighted by Gasteiger charge is 2.41. The third-order valence-corrected chi connectivity index (χ3v) is 4.97. The second-order valence-corrected chi connectivity index (χ2v) is 7.62. The van der Waals surface area contributed by atoms with Crippen LogP contribution in [0.3, 0.4) is 0 Å². The minimum Gasteiger partial charge on any atom is -0.359 e. The van der Waals surface area contributed by atoms with Gasteiger partial charge in [0.1, 0.15) is 5.82 Å². The normalized spacial score (nSPS) is 11.7. The third-order valence-electron chi connectivity index (χ3n) is 4.41. The predicted octanol–water partition coefficient (Wildman–Crippen LogP) is 5.09. The molecule has 2 heterocycles. The summed E-state index contributed by atoms with van der Waals surface area (Å²) in [5.41, 5.74) is 1.75. The van der Waals surface area contributed by atoms with E-state index in [1.165, 1.54) is 12.1 Å². The van der Waals surface area contributed by atoms with Crippen molar-refractivity contribution in [1.29, 1.82) is 0 Å². The van der Waals surface area contributed by atoms with Crippen molar-refractivity contribution in [1.82, 2.24) is 25.2 Å². The number of H-pyrrole nitrogens is 1. The number of para-hydroxylation sites is 1. The van der Waals surface area contributed by atoms with Crippen molar-refractivity contribution in [2.45, 2.75) is 19.5 Å². The van der Waals surface area contributed by atoms with Crippen molar-refractivity contribution in [3.8, 4) is 11.6 Å². The molecular weight excluding hydrogens is 470 g/mol. The van der Waals surface area contributed by atoms with Gasteiger partial charge in [0.05, 0.1) is 27.3 Å². The number of hydroxylamine groups is 1. The van der Waals surface area contributed by atoms with Crippen LogP contribution in [0.4, 0.5) is 13.2 Å². The van der Waals surface area contributed by atoms with Gasteiger partial charge in [0, 0.05) is 18.4 Å². The maximum atomic E-state index is 13.9. The third kappa shape index (κ3) is 4.37. The van der Waals surface area contributed by atoms with Crippen LogP contribution in [0.15, 0.2) is 42.5 Å². The first kappa shape index (κ1) is 22.0. The van der Waals surface area contributed by atoms with Gasteiger partial charge in [-0.05, 0) is 30.3 Å². The Morgan fingerprint density at radius 1 is 1.22 bits per heavy atom. The number of carbonyl (C=O) groups excluding carboxylic acids is 1. The Hall–Kier alpha value is -3.24. The number of benzene rings is 2. The highest BCUT2D eigenvalue weighted by Crippen LogP contribution is 2.39. The Kier molecular flexibility index (Phi) is 5.74. The molecule has 0 aliphatic rings. The monoisotopic (exact) mass is 483 g/mol. The topological polar surface area (TPSA) is 84.8 Å². The molecule has 32 heavy (non-hydrogen) atoms. The molecular formula is C20H14Cl2F3N5O2. The molecule has 0 fully saturated rings. The number of aromatic amines is 1. The average Bonchev–Trinajstić information content (AvgIpc) is 3.27. The Bertz CT molecular complexity index is 1320. The summed E-state index contributed by atoms with van der Waals surface area (Å²) in [7, 11) is 0. The van der Waals surface area contributed by atoms with E-state index >= 15 is 0 Å². The summed E-state index contributed by atoms with van der Waals surface area (Å²) in [6.07, 6.45) is -5.13. The quantitative estimate of drug-likeness (QED) is 0.387. The van der Waals surface area contributed by atoms with Crippen molar-refractivity contribution in [2.24, 2.45) is 0 Å². The van der Waals surface area contributed by atoms with E-state index in [1.807, 2.05) is 0 Å². The van der Waals surface area contributed by atoms with Crippen molar-refractivity contribution >= 4 is 40.1 Å². The number of rotatable bonds is 5. The molecule has 0 atom stereocenters. The Balaban J connectivity index is 1.89. The number of nitrogens with one attached hydrogen (secondary N) is 2. The van der Waals surface area contributed by atoms with Crippen molar-refractivity contribution in [2.75, 3.05) is 0 Å². The maximum absolute atomic E-state index is 13.9. The highest BCUT2D eigenvalue weighted by atomic mass is 35.5. The summed E-state index contributed by atoms with van der Waals surface area (Å²) in [5.74, 6) is -0.743. The first-order valence-electron chi connectivity index (χ1n) is 9.15. The van der Waals surface area contributed by atoms with E-state index in [2.05, 4.69) is 20.5 Å². The van der Waals surface area contributed by atoms with Crippen LogP contribution in [-0.4, -0.2) is 25.7 Å². The molecule has 0 aliphatic heterocycles. The lowest BCUT2D eigenvalue weighted by Gasteiger charge is -2.11. The Labute approximate surface area is 189 Å². The van der Waals surface area contributed by atoms with Crippen LogP contribution in [0.25, 0.3) is 16.7 Å². The minimum absolute atomic E-state index is 0.140. The van der Waals surface area contributed by atoms with Crippen molar-refractivity contribution in [3.05, 3.63) is 69.6 Å². The fraction of sp³-hybridized carbons (Fsp3) is 0.150. The summed E-state index contributed by atoms with van der Waals surface area (Å²) in [6.45, 7) is 1.16. The zero-order valence-electron chi connectivity index (χ0n) is 16.3. The minimum atomic E-state index is -4.81. The van der Waals surface area contributed by atoms with Crippen LogP contribution in [-0.2, 0) is 17.4 Å². The van der Waals surface area contributed by atoms with Crippen LogP contribution in [0.2, 0.25) is 10.0 Å². The van der Waals surface area contributed by atoms with Gasteiger partial charge in [-0.15, -0.1) is 0 Å². The van der Waals surface area contributed by atoms with Crippen LogP contribution >= 0.6 is 23.2 Å². The Morgan fingerprint density at radius 3 is 2.66 bits per heavy atom. The van der Waals surface area contributed by atoms with Gasteiger partial charge in [-0.25, -0.2) is 4.98 Å². The van der Waals surface area contributed by atoms with E-state index in [9.17, 15) is 18.0 Å². The number of hydrogen-bond acceptors (Lipinski definition) is 4. The Morgan fingerprint density at radius 2 is 1.97 bits per heavy atom. The predicted molar refractivity (Wildman–Crippen MR) is 112 cm³/mol. The number of halogens is 5. The van der Waals surface area contributed by atoms with E-state index in [1.54, 1.807) is 30.3 Å². The zero-order chi connectivity index (χ0) is 23.0.